The van der Waals surface area contributed by atoms with E-state index in [0.29, 0.717) is 12.0 Å². The van der Waals surface area contributed by atoms with Crippen molar-refractivity contribution in [2.75, 3.05) is 7.05 Å². The molecule has 1 fully saturated rings. The quantitative estimate of drug-likeness (QED) is 0.865. The molecule has 0 aliphatic heterocycles. The van der Waals surface area contributed by atoms with E-state index < -0.39 is 0 Å². The van der Waals surface area contributed by atoms with Crippen LogP contribution in [0.15, 0.2) is 24.3 Å². The fraction of sp³-hybridized carbons (Fsp3) is 0.647. The molecule has 0 saturated heterocycles. The summed E-state index contributed by atoms with van der Waals surface area (Å²) < 4.78 is 13.8. The molecule has 1 aromatic rings. The van der Waals surface area contributed by atoms with Crippen molar-refractivity contribution in [1.29, 1.82) is 0 Å². The Morgan fingerprint density at radius 3 is 2.63 bits per heavy atom. The van der Waals surface area contributed by atoms with Gasteiger partial charge in [0.05, 0.1) is 0 Å². The van der Waals surface area contributed by atoms with Gasteiger partial charge in [0.15, 0.2) is 0 Å². The lowest BCUT2D eigenvalue weighted by Crippen LogP contribution is -2.40. The maximum atomic E-state index is 13.8. The van der Waals surface area contributed by atoms with E-state index >= 15 is 0 Å². The minimum absolute atomic E-state index is 0.0518. The van der Waals surface area contributed by atoms with Gasteiger partial charge in [-0.25, -0.2) is 4.39 Å². The smallest absolute Gasteiger partial charge is 0.126 e. The van der Waals surface area contributed by atoms with Crippen molar-refractivity contribution in [1.82, 2.24) is 5.32 Å². The predicted molar refractivity (Wildman–Crippen MR) is 78.6 cm³/mol. The molecule has 1 saturated carbocycles. The van der Waals surface area contributed by atoms with Crippen LogP contribution in [0, 0.1) is 23.6 Å². The molecule has 1 N–H and O–H groups in total. The summed E-state index contributed by atoms with van der Waals surface area (Å²) in [5.41, 5.74) is 0.872. The van der Waals surface area contributed by atoms with Crippen molar-refractivity contribution in [2.24, 2.45) is 17.8 Å². The second-order valence-corrected chi connectivity index (χ2v) is 6.27. The zero-order valence-electron chi connectivity index (χ0n) is 12.3. The van der Waals surface area contributed by atoms with E-state index in [1.54, 1.807) is 12.1 Å². The monoisotopic (exact) mass is 263 g/mol. The van der Waals surface area contributed by atoms with Crippen LogP contribution in [0.25, 0.3) is 0 Å². The molecule has 1 aliphatic rings. The molecular formula is C17H26FN. The standard InChI is InChI=1S/C17H26FN/c1-12(2)13-8-9-17(19-3)15(10-13)11-14-6-4-5-7-16(14)18/h4-7,12-13,15,17,19H,8-11H2,1-3H3. The summed E-state index contributed by atoms with van der Waals surface area (Å²) in [6.45, 7) is 4.62. The Morgan fingerprint density at radius 2 is 2.00 bits per heavy atom. The second kappa shape index (κ2) is 6.51. The van der Waals surface area contributed by atoms with Crippen LogP contribution in [0.3, 0.4) is 0 Å². The van der Waals surface area contributed by atoms with Crippen molar-refractivity contribution in [3.05, 3.63) is 35.6 Å². The van der Waals surface area contributed by atoms with E-state index in [9.17, 15) is 4.39 Å². The lowest BCUT2D eigenvalue weighted by atomic mass is 9.72. The molecule has 0 spiro atoms. The third-order valence-electron chi connectivity index (χ3n) is 4.78. The summed E-state index contributed by atoms with van der Waals surface area (Å²) in [5.74, 6) is 2.04. The van der Waals surface area contributed by atoms with Gasteiger partial charge in [0, 0.05) is 6.04 Å². The summed E-state index contributed by atoms with van der Waals surface area (Å²) in [6.07, 6.45) is 4.61. The molecule has 106 valence electrons. The van der Waals surface area contributed by atoms with Gasteiger partial charge in [0.2, 0.25) is 0 Å². The number of hydrogen-bond donors (Lipinski definition) is 1. The van der Waals surface area contributed by atoms with Crippen LogP contribution in [0.2, 0.25) is 0 Å². The third-order valence-corrected chi connectivity index (χ3v) is 4.78. The van der Waals surface area contributed by atoms with E-state index in [-0.39, 0.29) is 5.82 Å². The van der Waals surface area contributed by atoms with Crippen molar-refractivity contribution >= 4 is 0 Å². The molecule has 0 heterocycles. The van der Waals surface area contributed by atoms with Gasteiger partial charge in [-0.3, -0.25) is 0 Å². The minimum Gasteiger partial charge on any atom is -0.317 e. The Kier molecular flexibility index (Phi) is 4.98. The van der Waals surface area contributed by atoms with Crippen LogP contribution in [0.4, 0.5) is 4.39 Å². The summed E-state index contributed by atoms with van der Waals surface area (Å²) >= 11 is 0. The van der Waals surface area contributed by atoms with Crippen LogP contribution in [-0.4, -0.2) is 13.1 Å². The molecule has 0 bridgehead atoms. The van der Waals surface area contributed by atoms with Gasteiger partial charge >= 0.3 is 0 Å². The van der Waals surface area contributed by atoms with Gasteiger partial charge in [0.1, 0.15) is 5.82 Å². The van der Waals surface area contributed by atoms with Crippen LogP contribution in [-0.2, 0) is 6.42 Å². The highest BCUT2D eigenvalue weighted by molar-refractivity contribution is 5.18. The molecule has 2 rings (SSSR count). The van der Waals surface area contributed by atoms with Gasteiger partial charge in [-0.15, -0.1) is 0 Å². The van der Waals surface area contributed by atoms with Crippen molar-refractivity contribution in [2.45, 2.75) is 45.6 Å². The highest BCUT2D eigenvalue weighted by Gasteiger charge is 2.31. The lowest BCUT2D eigenvalue weighted by molar-refractivity contribution is 0.172. The Labute approximate surface area is 116 Å². The maximum Gasteiger partial charge on any atom is 0.126 e. The zero-order valence-corrected chi connectivity index (χ0v) is 12.3. The molecule has 0 aromatic heterocycles. The third kappa shape index (κ3) is 3.56. The molecule has 0 amide bonds. The highest BCUT2D eigenvalue weighted by atomic mass is 19.1. The van der Waals surface area contributed by atoms with Gasteiger partial charge in [-0.2, -0.15) is 0 Å². The van der Waals surface area contributed by atoms with Crippen LogP contribution in [0.5, 0.6) is 0 Å². The van der Waals surface area contributed by atoms with Crippen molar-refractivity contribution < 1.29 is 4.39 Å². The van der Waals surface area contributed by atoms with Crippen LogP contribution >= 0.6 is 0 Å². The van der Waals surface area contributed by atoms with Crippen LogP contribution < -0.4 is 5.32 Å². The zero-order chi connectivity index (χ0) is 13.8. The topological polar surface area (TPSA) is 12.0 Å². The molecule has 1 nitrogen and oxygen atoms in total. The summed E-state index contributed by atoms with van der Waals surface area (Å²) in [5, 5.41) is 3.43. The van der Waals surface area contributed by atoms with E-state index in [2.05, 4.69) is 19.2 Å². The molecule has 2 heteroatoms. The Morgan fingerprint density at radius 1 is 1.26 bits per heavy atom. The fourth-order valence-electron chi connectivity index (χ4n) is 3.46. The summed E-state index contributed by atoms with van der Waals surface area (Å²) in [6, 6.07) is 7.75. The lowest BCUT2D eigenvalue weighted by Gasteiger charge is -2.38. The molecule has 3 unspecified atom stereocenters. The van der Waals surface area contributed by atoms with E-state index in [0.717, 1.165) is 23.8 Å². The first kappa shape index (κ1) is 14.5. The second-order valence-electron chi connectivity index (χ2n) is 6.27. The molecule has 1 aromatic carbocycles. The number of rotatable bonds is 4. The normalized spacial score (nSPS) is 27.7. The van der Waals surface area contributed by atoms with Gasteiger partial charge in [-0.05, 0) is 62.1 Å². The van der Waals surface area contributed by atoms with E-state index in [1.165, 1.54) is 19.3 Å². The molecule has 3 atom stereocenters. The van der Waals surface area contributed by atoms with Crippen LogP contribution in [0.1, 0.15) is 38.7 Å². The first-order valence-corrected chi connectivity index (χ1v) is 7.52. The minimum atomic E-state index is -0.0518. The SMILES string of the molecule is CNC1CCC(C(C)C)CC1Cc1ccccc1F. The molecule has 0 radical (unpaired) electrons. The number of benzene rings is 1. The van der Waals surface area contributed by atoms with Crippen molar-refractivity contribution in [3.8, 4) is 0 Å². The summed E-state index contributed by atoms with van der Waals surface area (Å²) in [4.78, 5) is 0. The largest absolute Gasteiger partial charge is 0.317 e. The first-order valence-electron chi connectivity index (χ1n) is 7.52. The fourth-order valence-corrected chi connectivity index (χ4v) is 3.46. The molecule has 1 aliphatic carbocycles. The predicted octanol–water partition coefficient (Wildman–Crippen LogP) is 4.03. The molecule has 19 heavy (non-hydrogen) atoms. The highest BCUT2D eigenvalue weighted by Crippen LogP contribution is 2.35. The average molecular weight is 263 g/mol. The Hall–Kier alpha value is -0.890. The Bertz CT molecular complexity index is 402. The van der Waals surface area contributed by atoms with Gasteiger partial charge < -0.3 is 5.32 Å². The Balaban J connectivity index is 2.08. The number of hydrogen-bond acceptors (Lipinski definition) is 1. The van der Waals surface area contributed by atoms with Crippen molar-refractivity contribution in [3.63, 3.8) is 0 Å². The average Bonchev–Trinajstić information content (AvgIpc) is 2.41. The first-order chi connectivity index (χ1) is 9.11. The van der Waals surface area contributed by atoms with Gasteiger partial charge in [0.25, 0.3) is 0 Å². The molecular weight excluding hydrogens is 237 g/mol. The van der Waals surface area contributed by atoms with E-state index in [1.807, 2.05) is 19.2 Å². The van der Waals surface area contributed by atoms with Gasteiger partial charge in [-0.1, -0.05) is 32.0 Å². The van der Waals surface area contributed by atoms with E-state index in [4.69, 9.17) is 0 Å². The number of nitrogens with one attached hydrogen (secondary N) is 1. The maximum absolute atomic E-state index is 13.8. The summed E-state index contributed by atoms with van der Waals surface area (Å²) in [7, 11) is 2.04. The number of halogens is 1.